The Morgan fingerprint density at radius 3 is 3.00 bits per heavy atom. The molecule has 2 atom stereocenters. The van der Waals surface area contributed by atoms with Crippen molar-refractivity contribution in [2.75, 3.05) is 13.1 Å². The quantitative estimate of drug-likeness (QED) is 0.724. The van der Waals surface area contributed by atoms with Gasteiger partial charge in [-0.15, -0.1) is 11.3 Å². The molecular formula is C20H25N5OS. The fraction of sp³-hybridized carbons (Fsp3) is 0.450. The Morgan fingerprint density at radius 2 is 2.30 bits per heavy atom. The van der Waals surface area contributed by atoms with Gasteiger partial charge in [-0.3, -0.25) is 4.79 Å². The summed E-state index contributed by atoms with van der Waals surface area (Å²) in [6.45, 7) is 8.16. The lowest BCUT2D eigenvalue weighted by Gasteiger charge is -2.30. The van der Waals surface area contributed by atoms with Crippen LogP contribution < -0.4 is 10.6 Å². The van der Waals surface area contributed by atoms with Gasteiger partial charge in [0.1, 0.15) is 0 Å². The molecule has 4 rings (SSSR count). The minimum atomic E-state index is -0.0518. The van der Waals surface area contributed by atoms with Gasteiger partial charge in [0.2, 0.25) is 0 Å². The van der Waals surface area contributed by atoms with Crippen molar-refractivity contribution in [2.45, 2.75) is 39.3 Å². The Kier molecular flexibility index (Phi) is 4.97. The average Bonchev–Trinajstić information content (AvgIpc) is 3.32. The molecule has 7 heteroatoms. The normalized spacial score (nSPS) is 20.3. The molecule has 2 unspecified atom stereocenters. The summed E-state index contributed by atoms with van der Waals surface area (Å²) in [4.78, 5) is 19.0. The van der Waals surface area contributed by atoms with Gasteiger partial charge in [-0.05, 0) is 50.2 Å². The SMILES string of the molecule is CC1CCNCC1NC(=O)c1cc(-c2cccs2)nc2c1cnn2C(C)C. The van der Waals surface area contributed by atoms with Gasteiger partial charge in [0, 0.05) is 18.6 Å². The molecular weight excluding hydrogens is 358 g/mol. The number of nitrogens with one attached hydrogen (secondary N) is 2. The van der Waals surface area contributed by atoms with Crippen molar-refractivity contribution in [3.63, 3.8) is 0 Å². The number of nitrogens with zero attached hydrogens (tertiary/aromatic N) is 3. The number of fused-ring (bicyclic) bond motifs is 1. The van der Waals surface area contributed by atoms with E-state index in [1.54, 1.807) is 17.5 Å². The van der Waals surface area contributed by atoms with E-state index in [1.807, 2.05) is 28.3 Å². The molecule has 0 bridgehead atoms. The van der Waals surface area contributed by atoms with Gasteiger partial charge >= 0.3 is 0 Å². The number of carbonyl (C=O) groups excluding carboxylic acids is 1. The summed E-state index contributed by atoms with van der Waals surface area (Å²) in [5.74, 6) is 0.409. The number of pyridine rings is 1. The molecule has 3 aromatic heterocycles. The van der Waals surface area contributed by atoms with Crippen LogP contribution in [-0.2, 0) is 0 Å². The minimum Gasteiger partial charge on any atom is -0.348 e. The number of piperidine rings is 1. The molecule has 2 N–H and O–H groups in total. The van der Waals surface area contributed by atoms with E-state index in [2.05, 4.69) is 36.5 Å². The molecule has 1 amide bonds. The van der Waals surface area contributed by atoms with Crippen LogP contribution in [0, 0.1) is 5.92 Å². The molecule has 1 fully saturated rings. The van der Waals surface area contributed by atoms with Crippen molar-refractivity contribution in [1.82, 2.24) is 25.4 Å². The molecule has 1 saturated heterocycles. The third-order valence-corrected chi connectivity index (χ3v) is 6.11. The van der Waals surface area contributed by atoms with Crippen LogP contribution >= 0.6 is 11.3 Å². The number of amides is 1. The zero-order chi connectivity index (χ0) is 19.0. The summed E-state index contributed by atoms with van der Waals surface area (Å²) in [5.41, 5.74) is 2.23. The van der Waals surface area contributed by atoms with Gasteiger partial charge in [-0.1, -0.05) is 13.0 Å². The second-order valence-corrected chi connectivity index (χ2v) is 8.45. The third kappa shape index (κ3) is 3.49. The first-order chi connectivity index (χ1) is 13.0. The lowest BCUT2D eigenvalue weighted by atomic mass is 9.94. The monoisotopic (exact) mass is 383 g/mol. The van der Waals surface area contributed by atoms with Crippen molar-refractivity contribution in [3.05, 3.63) is 35.3 Å². The van der Waals surface area contributed by atoms with E-state index in [0.717, 1.165) is 41.1 Å². The standard InChI is InChI=1S/C20H25N5OS/c1-12(2)25-19-15(10-22-25)14(9-16(23-19)18-5-4-8-27-18)20(26)24-17-11-21-7-6-13(17)3/h4-5,8-10,12-13,17,21H,6-7,11H2,1-3H3,(H,24,26). The van der Waals surface area contributed by atoms with Crippen LogP contribution in [0.1, 0.15) is 43.6 Å². The van der Waals surface area contributed by atoms with E-state index >= 15 is 0 Å². The largest absolute Gasteiger partial charge is 0.348 e. The molecule has 1 aliphatic heterocycles. The van der Waals surface area contributed by atoms with E-state index in [9.17, 15) is 4.79 Å². The van der Waals surface area contributed by atoms with E-state index in [1.165, 1.54) is 0 Å². The minimum absolute atomic E-state index is 0.0518. The number of aromatic nitrogens is 3. The van der Waals surface area contributed by atoms with Gasteiger partial charge in [0.05, 0.1) is 27.7 Å². The molecule has 0 aromatic carbocycles. The Hall–Kier alpha value is -2.25. The zero-order valence-corrected chi connectivity index (χ0v) is 16.7. The maximum atomic E-state index is 13.2. The van der Waals surface area contributed by atoms with Gasteiger partial charge in [0.25, 0.3) is 5.91 Å². The van der Waals surface area contributed by atoms with Crippen LogP contribution in [0.4, 0.5) is 0 Å². The summed E-state index contributed by atoms with van der Waals surface area (Å²) in [6.07, 6.45) is 2.83. The van der Waals surface area contributed by atoms with E-state index in [-0.39, 0.29) is 18.0 Å². The van der Waals surface area contributed by atoms with Gasteiger partial charge in [-0.2, -0.15) is 5.10 Å². The number of hydrogen-bond acceptors (Lipinski definition) is 5. The van der Waals surface area contributed by atoms with Crippen LogP contribution in [-0.4, -0.2) is 39.8 Å². The maximum Gasteiger partial charge on any atom is 0.252 e. The van der Waals surface area contributed by atoms with Crippen LogP contribution in [0.2, 0.25) is 0 Å². The fourth-order valence-corrected chi connectivity index (χ4v) is 4.25. The topological polar surface area (TPSA) is 71.8 Å². The molecule has 0 aliphatic carbocycles. The average molecular weight is 384 g/mol. The summed E-state index contributed by atoms with van der Waals surface area (Å²) in [6, 6.07) is 6.24. The highest BCUT2D eigenvalue weighted by Gasteiger charge is 2.25. The van der Waals surface area contributed by atoms with Crippen molar-refractivity contribution in [2.24, 2.45) is 5.92 Å². The van der Waals surface area contributed by atoms with Crippen LogP contribution in [0.3, 0.4) is 0 Å². The summed E-state index contributed by atoms with van der Waals surface area (Å²) in [5, 5.41) is 13.9. The molecule has 0 spiro atoms. The zero-order valence-electron chi connectivity index (χ0n) is 15.9. The predicted octanol–water partition coefficient (Wildman–Crippen LogP) is 3.47. The highest BCUT2D eigenvalue weighted by atomic mass is 32.1. The van der Waals surface area contributed by atoms with Gasteiger partial charge in [0.15, 0.2) is 5.65 Å². The smallest absolute Gasteiger partial charge is 0.252 e. The first-order valence-corrected chi connectivity index (χ1v) is 10.4. The molecule has 142 valence electrons. The Morgan fingerprint density at radius 1 is 1.44 bits per heavy atom. The Labute approximate surface area is 163 Å². The van der Waals surface area contributed by atoms with Gasteiger partial charge in [-0.25, -0.2) is 9.67 Å². The van der Waals surface area contributed by atoms with Crippen molar-refractivity contribution in [3.8, 4) is 10.6 Å². The first kappa shape index (κ1) is 18.1. The van der Waals surface area contributed by atoms with E-state index < -0.39 is 0 Å². The Balaban J connectivity index is 1.77. The third-order valence-electron chi connectivity index (χ3n) is 5.22. The molecule has 6 nitrogen and oxygen atoms in total. The number of thiophene rings is 1. The molecule has 0 radical (unpaired) electrons. The fourth-order valence-electron chi connectivity index (χ4n) is 3.56. The molecule has 27 heavy (non-hydrogen) atoms. The van der Waals surface area contributed by atoms with Crippen LogP contribution in [0.25, 0.3) is 21.6 Å². The van der Waals surface area contributed by atoms with Crippen LogP contribution in [0.5, 0.6) is 0 Å². The van der Waals surface area contributed by atoms with E-state index in [0.29, 0.717) is 11.5 Å². The second-order valence-electron chi connectivity index (χ2n) is 7.50. The van der Waals surface area contributed by atoms with Crippen molar-refractivity contribution < 1.29 is 4.79 Å². The summed E-state index contributed by atoms with van der Waals surface area (Å²) in [7, 11) is 0. The number of rotatable bonds is 4. The Bertz CT molecular complexity index is 947. The maximum absolute atomic E-state index is 13.2. The lowest BCUT2D eigenvalue weighted by Crippen LogP contribution is -2.50. The number of carbonyl (C=O) groups is 1. The highest BCUT2D eigenvalue weighted by Crippen LogP contribution is 2.29. The highest BCUT2D eigenvalue weighted by molar-refractivity contribution is 7.13. The first-order valence-electron chi connectivity index (χ1n) is 9.48. The molecule has 1 aliphatic rings. The molecule has 4 heterocycles. The summed E-state index contributed by atoms with van der Waals surface area (Å²) < 4.78 is 1.88. The molecule has 0 saturated carbocycles. The lowest BCUT2D eigenvalue weighted by molar-refractivity contribution is 0.0917. The van der Waals surface area contributed by atoms with Crippen molar-refractivity contribution in [1.29, 1.82) is 0 Å². The second kappa shape index (κ2) is 7.40. The predicted molar refractivity (Wildman–Crippen MR) is 109 cm³/mol. The van der Waals surface area contributed by atoms with E-state index in [4.69, 9.17) is 4.98 Å². The summed E-state index contributed by atoms with van der Waals surface area (Å²) >= 11 is 1.62. The number of hydrogen-bond donors (Lipinski definition) is 2. The van der Waals surface area contributed by atoms with Crippen LogP contribution in [0.15, 0.2) is 29.8 Å². The molecule has 3 aromatic rings. The van der Waals surface area contributed by atoms with Gasteiger partial charge < -0.3 is 10.6 Å². The van der Waals surface area contributed by atoms with Crippen molar-refractivity contribution >= 4 is 28.3 Å².